The Morgan fingerprint density at radius 1 is 1.03 bits per heavy atom. The summed E-state index contributed by atoms with van der Waals surface area (Å²) in [6, 6.07) is 12.1. The maximum atomic E-state index is 14.4. The minimum atomic E-state index is -0.404. The summed E-state index contributed by atoms with van der Waals surface area (Å²) in [5, 5.41) is 0.325. The maximum absolute atomic E-state index is 14.4. The highest BCUT2D eigenvalue weighted by atomic mass is 35.5. The van der Waals surface area contributed by atoms with Gasteiger partial charge in [-0.05, 0) is 108 Å². The van der Waals surface area contributed by atoms with Crippen LogP contribution >= 0.6 is 11.6 Å². The standard InChI is InChI=1S/C32H43ClFN3O/c1-24-9-10-25(2)28(21-24)32(13-19-35-17-11-26(12-18-35)36-15-4-3-5-16-36)14-20-37(23-32)31(38)22-27-29(33)7-6-8-30(27)34/h6-10,21,26H,3-5,11-20,22-23H2,1-2H3/t32-/m1/s1. The molecular formula is C32H43ClFN3O. The highest BCUT2D eigenvalue weighted by molar-refractivity contribution is 6.31. The van der Waals surface area contributed by atoms with E-state index in [2.05, 4.69) is 41.8 Å². The molecule has 3 heterocycles. The first-order chi connectivity index (χ1) is 18.3. The number of likely N-dealkylation sites (tertiary alicyclic amines) is 3. The monoisotopic (exact) mass is 539 g/mol. The van der Waals surface area contributed by atoms with Crippen molar-refractivity contribution in [1.29, 1.82) is 0 Å². The van der Waals surface area contributed by atoms with Crippen LogP contribution in [-0.4, -0.2) is 72.5 Å². The fourth-order valence-electron chi connectivity index (χ4n) is 7.08. The van der Waals surface area contributed by atoms with Crippen molar-refractivity contribution in [1.82, 2.24) is 14.7 Å². The van der Waals surface area contributed by atoms with Crippen LogP contribution in [0.3, 0.4) is 0 Å². The van der Waals surface area contributed by atoms with Gasteiger partial charge in [0.1, 0.15) is 5.82 Å². The fraction of sp³-hybridized carbons (Fsp3) is 0.594. The van der Waals surface area contributed by atoms with Gasteiger partial charge in [-0.15, -0.1) is 0 Å². The number of piperidine rings is 2. The minimum absolute atomic E-state index is 0.0123. The van der Waals surface area contributed by atoms with Gasteiger partial charge in [0.15, 0.2) is 0 Å². The summed E-state index contributed by atoms with van der Waals surface area (Å²) < 4.78 is 14.4. The molecule has 0 N–H and O–H groups in total. The van der Waals surface area contributed by atoms with Crippen LogP contribution in [0.25, 0.3) is 0 Å². The quantitative estimate of drug-likeness (QED) is 0.422. The third-order valence-electron chi connectivity index (χ3n) is 9.43. The van der Waals surface area contributed by atoms with Crippen LogP contribution in [0.15, 0.2) is 36.4 Å². The van der Waals surface area contributed by atoms with E-state index in [1.54, 1.807) is 12.1 Å². The van der Waals surface area contributed by atoms with Gasteiger partial charge in [0.2, 0.25) is 5.91 Å². The molecule has 3 aliphatic heterocycles. The van der Waals surface area contributed by atoms with E-state index >= 15 is 0 Å². The number of hydrogen-bond donors (Lipinski definition) is 0. The molecule has 0 bridgehead atoms. The number of carbonyl (C=O) groups is 1. The molecule has 1 atom stereocenters. The number of carbonyl (C=O) groups excluding carboxylic acids is 1. The second kappa shape index (κ2) is 12.1. The van der Waals surface area contributed by atoms with Crippen molar-refractivity contribution < 1.29 is 9.18 Å². The SMILES string of the molecule is Cc1ccc(C)c([C@]2(CCN3CCC(N4CCCCC4)CC3)CCN(C(=O)Cc3c(F)cccc3Cl)C2)c1. The topological polar surface area (TPSA) is 26.8 Å². The summed E-state index contributed by atoms with van der Waals surface area (Å²) in [5.41, 5.74) is 4.16. The van der Waals surface area contributed by atoms with Gasteiger partial charge in [0.05, 0.1) is 6.42 Å². The lowest BCUT2D eigenvalue weighted by molar-refractivity contribution is -0.129. The van der Waals surface area contributed by atoms with E-state index in [4.69, 9.17) is 11.6 Å². The molecule has 0 unspecified atom stereocenters. The summed E-state index contributed by atoms with van der Waals surface area (Å²) in [6.07, 6.45) is 8.64. The van der Waals surface area contributed by atoms with Crippen LogP contribution in [0, 0.1) is 19.7 Å². The number of halogens is 2. The normalized spacial score (nSPS) is 23.7. The zero-order valence-corrected chi connectivity index (χ0v) is 23.9. The number of rotatable bonds is 7. The molecule has 0 radical (unpaired) electrons. The molecule has 0 aliphatic carbocycles. The lowest BCUT2D eigenvalue weighted by atomic mass is 9.74. The third-order valence-corrected chi connectivity index (χ3v) is 9.79. The fourth-order valence-corrected chi connectivity index (χ4v) is 7.31. The maximum Gasteiger partial charge on any atom is 0.227 e. The highest BCUT2D eigenvalue weighted by Crippen LogP contribution is 2.41. The first-order valence-electron chi connectivity index (χ1n) is 14.6. The molecule has 206 valence electrons. The molecule has 1 amide bonds. The predicted octanol–water partition coefficient (Wildman–Crippen LogP) is 6.15. The molecule has 3 fully saturated rings. The van der Waals surface area contributed by atoms with Crippen molar-refractivity contribution in [2.24, 2.45) is 0 Å². The average Bonchev–Trinajstić information content (AvgIpc) is 3.37. The molecular weight excluding hydrogens is 497 g/mol. The van der Waals surface area contributed by atoms with E-state index < -0.39 is 5.82 Å². The van der Waals surface area contributed by atoms with Crippen LogP contribution in [0.5, 0.6) is 0 Å². The molecule has 4 nitrogen and oxygen atoms in total. The van der Waals surface area contributed by atoms with Crippen LogP contribution in [0.2, 0.25) is 5.02 Å². The predicted molar refractivity (Wildman–Crippen MR) is 153 cm³/mol. The van der Waals surface area contributed by atoms with E-state index in [0.717, 1.165) is 25.4 Å². The summed E-state index contributed by atoms with van der Waals surface area (Å²) in [5.74, 6) is -0.440. The van der Waals surface area contributed by atoms with Crippen LogP contribution < -0.4 is 0 Å². The van der Waals surface area contributed by atoms with Gasteiger partial charge in [-0.2, -0.15) is 0 Å². The average molecular weight is 540 g/mol. The first-order valence-corrected chi connectivity index (χ1v) is 15.0. The van der Waals surface area contributed by atoms with E-state index in [9.17, 15) is 9.18 Å². The van der Waals surface area contributed by atoms with Gasteiger partial charge < -0.3 is 14.7 Å². The number of nitrogens with zero attached hydrogens (tertiary/aromatic N) is 3. The van der Waals surface area contributed by atoms with Crippen LogP contribution in [0.4, 0.5) is 4.39 Å². The van der Waals surface area contributed by atoms with Crippen molar-refractivity contribution in [3.63, 3.8) is 0 Å². The van der Waals surface area contributed by atoms with Gasteiger partial charge in [0.25, 0.3) is 0 Å². The van der Waals surface area contributed by atoms with Gasteiger partial charge in [0, 0.05) is 35.1 Å². The van der Waals surface area contributed by atoms with Gasteiger partial charge >= 0.3 is 0 Å². The van der Waals surface area contributed by atoms with E-state index in [0.29, 0.717) is 23.7 Å². The van der Waals surface area contributed by atoms with Crippen LogP contribution in [-0.2, 0) is 16.6 Å². The third kappa shape index (κ3) is 6.11. The smallest absolute Gasteiger partial charge is 0.227 e. The second-order valence-electron chi connectivity index (χ2n) is 12.0. The Labute approximate surface area is 233 Å². The number of benzene rings is 2. The lowest BCUT2D eigenvalue weighted by Gasteiger charge is -2.41. The molecule has 2 aromatic carbocycles. The Balaban J connectivity index is 1.27. The largest absolute Gasteiger partial charge is 0.341 e. The molecule has 3 aliphatic rings. The Morgan fingerprint density at radius 3 is 2.53 bits per heavy atom. The molecule has 5 rings (SSSR count). The van der Waals surface area contributed by atoms with E-state index in [1.807, 2.05) is 4.90 Å². The van der Waals surface area contributed by atoms with Crippen molar-refractivity contribution >= 4 is 17.5 Å². The minimum Gasteiger partial charge on any atom is -0.341 e. The number of aryl methyl sites for hydroxylation is 2. The van der Waals surface area contributed by atoms with E-state index in [-0.39, 0.29) is 17.7 Å². The Morgan fingerprint density at radius 2 is 1.79 bits per heavy atom. The molecule has 6 heteroatoms. The lowest BCUT2D eigenvalue weighted by Crippen LogP contribution is -2.47. The van der Waals surface area contributed by atoms with Crippen LogP contribution in [0.1, 0.15) is 67.2 Å². The first kappa shape index (κ1) is 27.6. The molecule has 3 saturated heterocycles. The summed E-state index contributed by atoms with van der Waals surface area (Å²) in [7, 11) is 0. The highest BCUT2D eigenvalue weighted by Gasteiger charge is 2.42. The second-order valence-corrected chi connectivity index (χ2v) is 12.4. The van der Waals surface area contributed by atoms with E-state index in [1.165, 1.54) is 81.0 Å². The summed E-state index contributed by atoms with van der Waals surface area (Å²) in [6.45, 7) is 11.7. The Hall–Kier alpha value is -1.95. The summed E-state index contributed by atoms with van der Waals surface area (Å²) in [4.78, 5) is 20.7. The molecule has 2 aromatic rings. The van der Waals surface area contributed by atoms with Crippen molar-refractivity contribution in [2.45, 2.75) is 76.7 Å². The van der Waals surface area contributed by atoms with Gasteiger partial charge in [-0.1, -0.05) is 47.9 Å². The molecule has 0 spiro atoms. The summed E-state index contributed by atoms with van der Waals surface area (Å²) >= 11 is 6.25. The number of amides is 1. The van der Waals surface area contributed by atoms with Gasteiger partial charge in [-0.25, -0.2) is 4.39 Å². The zero-order chi connectivity index (χ0) is 26.7. The van der Waals surface area contributed by atoms with Crippen molar-refractivity contribution in [3.05, 3.63) is 69.5 Å². The molecule has 0 saturated carbocycles. The molecule has 0 aromatic heterocycles. The Bertz CT molecular complexity index is 1110. The van der Waals surface area contributed by atoms with Crippen molar-refractivity contribution in [3.8, 4) is 0 Å². The van der Waals surface area contributed by atoms with Crippen molar-refractivity contribution in [2.75, 3.05) is 45.8 Å². The molecule has 38 heavy (non-hydrogen) atoms. The number of hydrogen-bond acceptors (Lipinski definition) is 3. The Kier molecular flexibility index (Phi) is 8.76. The van der Waals surface area contributed by atoms with Gasteiger partial charge in [-0.3, -0.25) is 4.79 Å². The zero-order valence-electron chi connectivity index (χ0n) is 23.2.